The second-order valence-corrected chi connectivity index (χ2v) is 6.51. The summed E-state index contributed by atoms with van der Waals surface area (Å²) in [7, 11) is 0. The Kier molecular flexibility index (Phi) is 3.55. The molecule has 0 N–H and O–H groups in total. The summed E-state index contributed by atoms with van der Waals surface area (Å²) >= 11 is 0. The maximum atomic E-state index is 13.0. The first-order valence-electron chi connectivity index (χ1n) is 8.07. The van der Waals surface area contributed by atoms with Gasteiger partial charge in [-0.15, -0.1) is 0 Å². The molecule has 0 aromatic carbocycles. The topological polar surface area (TPSA) is 58.0 Å². The number of piperazine rings is 1. The standard InChI is InChI=1S/C16H17F3N6/c1-9-3-4-20-15(21-9)24-7-11-5-12(8-24)25(11)14-6-13(16(17,18)19)22-10(2)23-14/h3-4,6,11-12H,5,7-8H2,1-2H3. The molecule has 0 saturated carbocycles. The largest absolute Gasteiger partial charge is 0.433 e. The summed E-state index contributed by atoms with van der Waals surface area (Å²) in [5.74, 6) is 1.16. The van der Waals surface area contributed by atoms with Crippen molar-refractivity contribution in [1.82, 2.24) is 19.9 Å². The van der Waals surface area contributed by atoms with Crippen LogP contribution in [0.3, 0.4) is 0 Å². The Morgan fingerprint density at radius 1 is 1.08 bits per heavy atom. The highest BCUT2D eigenvalue weighted by atomic mass is 19.4. The fourth-order valence-electron chi connectivity index (χ4n) is 3.56. The van der Waals surface area contributed by atoms with Crippen LogP contribution in [0.4, 0.5) is 24.9 Å². The number of aromatic nitrogens is 4. The highest BCUT2D eigenvalue weighted by Gasteiger charge is 2.46. The average Bonchev–Trinajstić information content (AvgIpc) is 2.53. The fraction of sp³-hybridized carbons (Fsp3) is 0.500. The number of nitrogens with zero attached hydrogens (tertiary/aromatic N) is 6. The summed E-state index contributed by atoms with van der Waals surface area (Å²) in [6, 6.07) is 3.10. The lowest BCUT2D eigenvalue weighted by Crippen LogP contribution is -2.69. The van der Waals surface area contributed by atoms with Crippen LogP contribution in [0.5, 0.6) is 0 Å². The summed E-state index contributed by atoms with van der Waals surface area (Å²) in [5, 5.41) is 0. The van der Waals surface area contributed by atoms with E-state index in [1.54, 1.807) is 6.20 Å². The predicted molar refractivity (Wildman–Crippen MR) is 85.4 cm³/mol. The van der Waals surface area contributed by atoms with Gasteiger partial charge < -0.3 is 9.80 Å². The van der Waals surface area contributed by atoms with Crippen molar-refractivity contribution in [3.8, 4) is 0 Å². The Bertz CT molecular complexity index is 797. The van der Waals surface area contributed by atoms with Crippen molar-refractivity contribution in [3.05, 3.63) is 35.5 Å². The third-order valence-corrected chi connectivity index (χ3v) is 4.64. The van der Waals surface area contributed by atoms with E-state index in [0.29, 0.717) is 24.9 Å². The molecule has 3 aliphatic rings. The zero-order valence-electron chi connectivity index (χ0n) is 13.8. The van der Waals surface area contributed by atoms with E-state index >= 15 is 0 Å². The quantitative estimate of drug-likeness (QED) is 0.829. The Hall–Kier alpha value is -2.45. The minimum Gasteiger partial charge on any atom is -0.347 e. The third kappa shape index (κ3) is 2.87. The molecular weight excluding hydrogens is 333 g/mol. The van der Waals surface area contributed by atoms with E-state index < -0.39 is 11.9 Å². The first kappa shape index (κ1) is 16.0. The van der Waals surface area contributed by atoms with Crippen LogP contribution in [-0.2, 0) is 6.18 Å². The maximum Gasteiger partial charge on any atom is 0.433 e. The van der Waals surface area contributed by atoms with Gasteiger partial charge in [0, 0.05) is 31.0 Å². The maximum absolute atomic E-state index is 13.0. The molecule has 0 amide bonds. The molecular formula is C16H17F3N6. The summed E-state index contributed by atoms with van der Waals surface area (Å²) in [6.45, 7) is 4.74. The SMILES string of the molecule is Cc1ccnc(N2CC3CC(C2)N3c2cc(C(F)(F)F)nc(C)n2)n1. The van der Waals surface area contributed by atoms with Crippen molar-refractivity contribution < 1.29 is 13.2 Å². The Morgan fingerprint density at radius 2 is 1.80 bits per heavy atom. The van der Waals surface area contributed by atoms with Gasteiger partial charge in [0.25, 0.3) is 0 Å². The second kappa shape index (κ2) is 5.53. The van der Waals surface area contributed by atoms with Gasteiger partial charge >= 0.3 is 6.18 Å². The number of alkyl halides is 3. The molecule has 6 nitrogen and oxygen atoms in total. The van der Waals surface area contributed by atoms with Crippen molar-refractivity contribution in [1.29, 1.82) is 0 Å². The monoisotopic (exact) mass is 350 g/mol. The summed E-state index contributed by atoms with van der Waals surface area (Å²) in [6.07, 6.45) is -1.81. The second-order valence-electron chi connectivity index (χ2n) is 6.51. The molecule has 132 valence electrons. The van der Waals surface area contributed by atoms with Crippen molar-refractivity contribution in [3.63, 3.8) is 0 Å². The number of rotatable bonds is 2. The number of aryl methyl sites for hydroxylation is 2. The minimum absolute atomic E-state index is 0.109. The highest BCUT2D eigenvalue weighted by Crippen LogP contribution is 2.38. The van der Waals surface area contributed by atoms with Gasteiger partial charge in [0.2, 0.25) is 5.95 Å². The Labute approximate surface area is 142 Å². The van der Waals surface area contributed by atoms with Crippen molar-refractivity contribution in [2.75, 3.05) is 22.9 Å². The predicted octanol–water partition coefficient (Wildman–Crippen LogP) is 2.37. The smallest absolute Gasteiger partial charge is 0.347 e. The van der Waals surface area contributed by atoms with Gasteiger partial charge in [0.15, 0.2) is 0 Å². The number of halogens is 3. The first-order valence-corrected chi connectivity index (χ1v) is 8.07. The molecule has 2 unspecified atom stereocenters. The van der Waals surface area contributed by atoms with Crippen LogP contribution in [0.2, 0.25) is 0 Å². The van der Waals surface area contributed by atoms with E-state index in [-0.39, 0.29) is 17.9 Å². The van der Waals surface area contributed by atoms with Crippen molar-refractivity contribution in [2.24, 2.45) is 0 Å². The molecule has 0 aliphatic carbocycles. The molecule has 3 aliphatic heterocycles. The summed E-state index contributed by atoms with van der Waals surface area (Å²) < 4.78 is 39.0. The third-order valence-electron chi connectivity index (χ3n) is 4.64. The summed E-state index contributed by atoms with van der Waals surface area (Å²) in [4.78, 5) is 20.5. The first-order chi connectivity index (χ1) is 11.8. The molecule has 9 heteroatoms. The van der Waals surface area contributed by atoms with Crippen molar-refractivity contribution >= 4 is 11.8 Å². The lowest BCUT2D eigenvalue weighted by atomic mass is 9.87. The van der Waals surface area contributed by atoms with E-state index in [1.165, 1.54) is 6.92 Å². The van der Waals surface area contributed by atoms with Gasteiger partial charge in [-0.3, -0.25) is 0 Å². The molecule has 3 saturated heterocycles. The molecule has 0 spiro atoms. The van der Waals surface area contributed by atoms with Gasteiger partial charge in [-0.2, -0.15) is 13.2 Å². The average molecular weight is 350 g/mol. The highest BCUT2D eigenvalue weighted by molar-refractivity contribution is 5.51. The lowest BCUT2D eigenvalue weighted by molar-refractivity contribution is -0.141. The van der Waals surface area contributed by atoms with Crippen LogP contribution < -0.4 is 9.80 Å². The minimum atomic E-state index is -4.47. The van der Waals surface area contributed by atoms with Crippen LogP contribution >= 0.6 is 0 Å². The van der Waals surface area contributed by atoms with Gasteiger partial charge in [-0.05, 0) is 26.3 Å². The fourth-order valence-corrected chi connectivity index (χ4v) is 3.56. The Morgan fingerprint density at radius 3 is 2.44 bits per heavy atom. The molecule has 5 heterocycles. The number of hydrogen-bond acceptors (Lipinski definition) is 6. The number of hydrogen-bond donors (Lipinski definition) is 0. The van der Waals surface area contributed by atoms with Crippen LogP contribution in [0.25, 0.3) is 0 Å². The lowest BCUT2D eigenvalue weighted by Gasteiger charge is -2.56. The Balaban J connectivity index is 1.57. The molecule has 2 aromatic heterocycles. The van der Waals surface area contributed by atoms with Crippen LogP contribution in [0, 0.1) is 13.8 Å². The summed E-state index contributed by atoms with van der Waals surface area (Å²) in [5.41, 5.74) is 0.00111. The van der Waals surface area contributed by atoms with Crippen LogP contribution in [0.15, 0.2) is 18.3 Å². The molecule has 5 rings (SSSR count). The van der Waals surface area contributed by atoms with E-state index in [9.17, 15) is 13.2 Å². The van der Waals surface area contributed by atoms with Crippen LogP contribution in [-0.4, -0.2) is 45.1 Å². The van der Waals surface area contributed by atoms with E-state index in [0.717, 1.165) is 18.2 Å². The molecule has 2 bridgehead atoms. The number of piperidine rings is 1. The normalized spacial score (nSPS) is 22.8. The zero-order chi connectivity index (χ0) is 17.8. The molecule has 3 fully saturated rings. The molecule has 2 aromatic rings. The van der Waals surface area contributed by atoms with Gasteiger partial charge in [0.1, 0.15) is 17.3 Å². The molecule has 2 atom stereocenters. The van der Waals surface area contributed by atoms with Crippen LogP contribution in [0.1, 0.15) is 23.6 Å². The zero-order valence-corrected chi connectivity index (χ0v) is 13.8. The van der Waals surface area contributed by atoms with E-state index in [2.05, 4.69) is 24.8 Å². The molecule has 25 heavy (non-hydrogen) atoms. The van der Waals surface area contributed by atoms with Gasteiger partial charge in [0.05, 0.1) is 12.1 Å². The van der Waals surface area contributed by atoms with E-state index in [4.69, 9.17) is 0 Å². The molecule has 0 radical (unpaired) electrons. The number of anilines is 2. The number of fused-ring (bicyclic) bond motifs is 2. The van der Waals surface area contributed by atoms with Crippen molar-refractivity contribution in [2.45, 2.75) is 38.5 Å². The van der Waals surface area contributed by atoms with Gasteiger partial charge in [-0.1, -0.05) is 0 Å². The van der Waals surface area contributed by atoms with Gasteiger partial charge in [-0.25, -0.2) is 19.9 Å². The van der Waals surface area contributed by atoms with E-state index in [1.807, 2.05) is 17.9 Å².